The number of hydrogen-bond acceptors (Lipinski definition) is 5. The Bertz CT molecular complexity index is 832. The second-order valence-corrected chi connectivity index (χ2v) is 10.1. The van der Waals surface area contributed by atoms with Gasteiger partial charge in [0.15, 0.2) is 0 Å². The standard InChI is InChI=1S/C19H23N3O4S.Na.H/c1-18(2)13(17(25)26)21-15(24)12(16(21)27-18)22-14(23)11(20-19(22,3)4)10-8-6-5-7-9-10;;/h5-9,11-13,16,20H,1-4H3,(H,25,26);;/t11-,12-,13+,16-;;/m1../s1. The number of nitrogens with one attached hydrogen (secondary N) is 1. The third-order valence-electron chi connectivity index (χ3n) is 5.64. The Morgan fingerprint density at radius 2 is 1.71 bits per heavy atom. The van der Waals surface area contributed by atoms with Crippen LogP contribution in [0.25, 0.3) is 0 Å². The molecule has 0 saturated carbocycles. The minimum absolute atomic E-state index is 0. The fourth-order valence-corrected chi connectivity index (χ4v) is 6.16. The van der Waals surface area contributed by atoms with Crippen molar-refractivity contribution in [3.8, 4) is 0 Å². The third kappa shape index (κ3) is 3.01. The van der Waals surface area contributed by atoms with Gasteiger partial charge in [0.1, 0.15) is 23.5 Å². The number of hydrogen-bond donors (Lipinski definition) is 2. The number of nitrogens with zero attached hydrogens (tertiary/aromatic N) is 2. The first kappa shape index (κ1) is 21.6. The molecule has 7 nitrogen and oxygen atoms in total. The summed E-state index contributed by atoms with van der Waals surface area (Å²) in [6.07, 6.45) is 0. The molecule has 0 unspecified atom stereocenters. The van der Waals surface area contributed by atoms with Gasteiger partial charge in [0, 0.05) is 4.75 Å². The van der Waals surface area contributed by atoms with Gasteiger partial charge in [-0.25, -0.2) is 4.79 Å². The number of aliphatic carboxylic acids is 1. The Balaban J connectivity index is 0.00000225. The number of thioether (sulfide) groups is 1. The van der Waals surface area contributed by atoms with Crippen molar-refractivity contribution in [2.24, 2.45) is 0 Å². The van der Waals surface area contributed by atoms with E-state index < -0.39 is 34.5 Å². The number of carboxylic acid groups (broad SMARTS) is 1. The van der Waals surface area contributed by atoms with Gasteiger partial charge in [-0.2, -0.15) is 0 Å². The van der Waals surface area contributed by atoms with Crippen LogP contribution in [0, 0.1) is 0 Å². The number of carboxylic acids is 1. The van der Waals surface area contributed by atoms with E-state index in [4.69, 9.17) is 0 Å². The molecule has 0 aliphatic carbocycles. The molecule has 0 radical (unpaired) electrons. The van der Waals surface area contributed by atoms with Crippen LogP contribution in [-0.4, -0.2) is 90.1 Å². The molecule has 3 aliphatic heterocycles. The Labute approximate surface area is 190 Å². The van der Waals surface area contributed by atoms with Crippen LogP contribution in [0.2, 0.25) is 0 Å². The Morgan fingerprint density at radius 3 is 2.29 bits per heavy atom. The number of amides is 2. The van der Waals surface area contributed by atoms with Crippen molar-refractivity contribution in [2.45, 2.75) is 61.6 Å². The average Bonchev–Trinajstić information content (AvgIpc) is 2.98. The molecule has 9 heteroatoms. The van der Waals surface area contributed by atoms with Gasteiger partial charge in [0.25, 0.3) is 0 Å². The zero-order valence-corrected chi connectivity index (χ0v) is 16.5. The summed E-state index contributed by atoms with van der Waals surface area (Å²) >= 11 is 1.46. The first-order valence-electron chi connectivity index (χ1n) is 8.95. The number of carbonyl (C=O) groups excluding carboxylic acids is 2. The van der Waals surface area contributed by atoms with Gasteiger partial charge in [0.05, 0.1) is 5.66 Å². The summed E-state index contributed by atoms with van der Waals surface area (Å²) in [7, 11) is 0. The van der Waals surface area contributed by atoms with Crippen molar-refractivity contribution >= 4 is 59.1 Å². The van der Waals surface area contributed by atoms with Gasteiger partial charge in [-0.15, -0.1) is 11.8 Å². The molecule has 2 amide bonds. The zero-order valence-electron chi connectivity index (χ0n) is 15.7. The predicted molar refractivity (Wildman–Crippen MR) is 108 cm³/mol. The van der Waals surface area contributed by atoms with Crippen molar-refractivity contribution in [1.29, 1.82) is 0 Å². The molecule has 1 aromatic rings. The number of benzene rings is 1. The van der Waals surface area contributed by atoms with Gasteiger partial charge in [-0.1, -0.05) is 30.3 Å². The second kappa shape index (κ2) is 7.02. The monoisotopic (exact) mass is 413 g/mol. The van der Waals surface area contributed by atoms with E-state index in [0.29, 0.717) is 0 Å². The average molecular weight is 413 g/mol. The van der Waals surface area contributed by atoms with E-state index in [1.807, 2.05) is 58.0 Å². The molecule has 0 spiro atoms. The molecule has 0 bridgehead atoms. The Hall–Kier alpha value is -1.06. The van der Waals surface area contributed by atoms with Crippen molar-refractivity contribution < 1.29 is 19.5 Å². The van der Waals surface area contributed by atoms with Crippen LogP contribution in [0.15, 0.2) is 30.3 Å². The van der Waals surface area contributed by atoms with Gasteiger partial charge >= 0.3 is 35.5 Å². The SMILES string of the molecule is CC1(C)S[C@@H]2[C@H](N3C(=O)[C@@H](c4ccccc4)NC3(C)C)C(=O)N2[C@H]1C(=O)O.[NaH]. The zero-order chi connectivity index (χ0) is 19.7. The van der Waals surface area contributed by atoms with Crippen LogP contribution >= 0.6 is 11.8 Å². The van der Waals surface area contributed by atoms with Crippen LogP contribution in [0.5, 0.6) is 0 Å². The van der Waals surface area contributed by atoms with Gasteiger partial charge in [0.2, 0.25) is 11.8 Å². The van der Waals surface area contributed by atoms with E-state index in [-0.39, 0.29) is 46.7 Å². The van der Waals surface area contributed by atoms with E-state index in [1.165, 1.54) is 16.7 Å². The van der Waals surface area contributed by atoms with Crippen molar-refractivity contribution in [2.75, 3.05) is 0 Å². The maximum absolute atomic E-state index is 13.2. The summed E-state index contributed by atoms with van der Waals surface area (Å²) in [6, 6.07) is 7.37. The summed E-state index contributed by atoms with van der Waals surface area (Å²) < 4.78 is -0.611. The van der Waals surface area contributed by atoms with E-state index in [0.717, 1.165) is 5.56 Å². The minimum atomic E-state index is -1.01. The number of fused-ring (bicyclic) bond motifs is 1. The topological polar surface area (TPSA) is 90.0 Å². The summed E-state index contributed by atoms with van der Waals surface area (Å²) in [6.45, 7) is 7.43. The molecule has 3 saturated heterocycles. The van der Waals surface area contributed by atoms with Gasteiger partial charge < -0.3 is 14.9 Å². The molecular weight excluding hydrogens is 389 g/mol. The molecule has 146 valence electrons. The molecule has 4 atom stereocenters. The fourth-order valence-electron chi connectivity index (χ4n) is 4.49. The van der Waals surface area contributed by atoms with E-state index in [9.17, 15) is 19.5 Å². The van der Waals surface area contributed by atoms with Crippen molar-refractivity contribution in [3.05, 3.63) is 35.9 Å². The molecule has 28 heavy (non-hydrogen) atoms. The van der Waals surface area contributed by atoms with Crippen LogP contribution in [0.3, 0.4) is 0 Å². The van der Waals surface area contributed by atoms with E-state index in [1.54, 1.807) is 4.90 Å². The van der Waals surface area contributed by atoms with E-state index >= 15 is 0 Å². The molecule has 3 aliphatic rings. The third-order valence-corrected chi connectivity index (χ3v) is 7.20. The summed E-state index contributed by atoms with van der Waals surface area (Å²) in [5.74, 6) is -1.45. The quantitative estimate of drug-likeness (QED) is 0.562. The van der Waals surface area contributed by atoms with Crippen LogP contribution < -0.4 is 5.32 Å². The molecule has 0 aromatic heterocycles. The fraction of sp³-hybridized carbons (Fsp3) is 0.526. The van der Waals surface area contributed by atoms with Gasteiger partial charge in [-0.3, -0.25) is 14.9 Å². The van der Waals surface area contributed by atoms with Crippen LogP contribution in [-0.2, 0) is 14.4 Å². The Morgan fingerprint density at radius 1 is 1.11 bits per heavy atom. The second-order valence-electron chi connectivity index (χ2n) is 8.30. The normalized spacial score (nSPS) is 32.6. The molecule has 3 heterocycles. The number of carbonyl (C=O) groups is 3. The van der Waals surface area contributed by atoms with Crippen molar-refractivity contribution in [3.63, 3.8) is 0 Å². The molecule has 2 N–H and O–H groups in total. The first-order valence-corrected chi connectivity index (χ1v) is 9.83. The number of β-lactam (4-membered cyclic amide) rings is 1. The Kier molecular flexibility index (Phi) is 5.43. The molecule has 1 aromatic carbocycles. The van der Waals surface area contributed by atoms with Crippen LogP contribution in [0.4, 0.5) is 0 Å². The van der Waals surface area contributed by atoms with Crippen molar-refractivity contribution in [1.82, 2.24) is 15.1 Å². The number of rotatable bonds is 3. The summed E-state index contributed by atoms with van der Waals surface area (Å²) in [5, 5.41) is 12.6. The predicted octanol–water partition coefficient (Wildman–Crippen LogP) is 0.763. The summed E-state index contributed by atoms with van der Waals surface area (Å²) in [4.78, 5) is 40.9. The van der Waals surface area contributed by atoms with Crippen LogP contribution in [0.1, 0.15) is 39.3 Å². The molecule has 4 rings (SSSR count). The van der Waals surface area contributed by atoms with E-state index in [2.05, 4.69) is 5.32 Å². The maximum atomic E-state index is 13.2. The van der Waals surface area contributed by atoms with Gasteiger partial charge in [-0.05, 0) is 33.3 Å². The summed E-state index contributed by atoms with van der Waals surface area (Å²) in [5.41, 5.74) is 0.139. The first-order chi connectivity index (χ1) is 12.6. The molecule has 3 fully saturated rings. The molecular formula is C19H24N3NaO4S.